The van der Waals surface area contributed by atoms with Gasteiger partial charge in [-0.25, -0.2) is 4.98 Å². The van der Waals surface area contributed by atoms with Crippen LogP contribution in [0.2, 0.25) is 0 Å². The van der Waals surface area contributed by atoms with Crippen LogP contribution in [0.1, 0.15) is 17.4 Å². The minimum absolute atomic E-state index is 0.0260. The first kappa shape index (κ1) is 18.1. The molecule has 2 amide bonds. The first-order valence-electron chi connectivity index (χ1n) is 8.84. The Hall–Kier alpha value is -2.67. The van der Waals surface area contributed by atoms with Gasteiger partial charge in [0.15, 0.2) is 0 Å². The Bertz CT molecular complexity index is 800. The number of nitrogens with zero attached hydrogens (tertiary/aromatic N) is 3. The molecule has 2 heterocycles. The molecule has 1 N–H and O–H groups in total. The monoisotopic (exact) mass is 356 g/mol. The predicted octanol–water partition coefficient (Wildman–Crippen LogP) is 1.14. The molecule has 0 bridgehead atoms. The quantitative estimate of drug-likeness (QED) is 0.870. The van der Waals surface area contributed by atoms with Crippen LogP contribution in [0.3, 0.4) is 0 Å². The van der Waals surface area contributed by atoms with Crippen LogP contribution in [0.15, 0.2) is 30.3 Å². The molecule has 0 aliphatic carbocycles. The van der Waals surface area contributed by atoms with Crippen molar-refractivity contribution >= 4 is 22.7 Å². The Balaban J connectivity index is 1.63. The fourth-order valence-electron chi connectivity index (χ4n) is 3.10. The summed E-state index contributed by atoms with van der Waals surface area (Å²) in [4.78, 5) is 33.2. The largest absolute Gasteiger partial charge is 0.496 e. The minimum Gasteiger partial charge on any atom is -0.496 e. The van der Waals surface area contributed by atoms with Crippen molar-refractivity contribution in [3.8, 4) is 5.75 Å². The Morgan fingerprint density at radius 3 is 2.62 bits per heavy atom. The molecule has 0 saturated carbocycles. The topological polar surface area (TPSA) is 74.8 Å². The van der Waals surface area contributed by atoms with Crippen molar-refractivity contribution in [2.24, 2.45) is 0 Å². The SMILES string of the molecule is CCN1CCN(C(=O)CNC(=O)c2cc(OC)c3ccccc3n2)CC1. The van der Waals surface area contributed by atoms with Crippen LogP contribution in [0, 0.1) is 0 Å². The molecule has 1 aromatic heterocycles. The van der Waals surface area contributed by atoms with Crippen molar-refractivity contribution in [2.45, 2.75) is 6.92 Å². The minimum atomic E-state index is -0.380. The molecule has 1 aromatic carbocycles. The summed E-state index contributed by atoms with van der Waals surface area (Å²) in [6, 6.07) is 9.07. The third-order valence-electron chi connectivity index (χ3n) is 4.70. The van der Waals surface area contributed by atoms with E-state index in [2.05, 4.69) is 22.1 Å². The maximum atomic E-state index is 12.4. The average Bonchev–Trinajstić information content (AvgIpc) is 2.70. The number of pyridine rings is 1. The zero-order valence-electron chi connectivity index (χ0n) is 15.2. The van der Waals surface area contributed by atoms with E-state index in [-0.39, 0.29) is 24.1 Å². The van der Waals surface area contributed by atoms with Gasteiger partial charge in [0.05, 0.1) is 19.2 Å². The second-order valence-corrected chi connectivity index (χ2v) is 6.22. The van der Waals surface area contributed by atoms with Gasteiger partial charge in [-0.3, -0.25) is 9.59 Å². The number of carbonyl (C=O) groups is 2. The molecule has 1 aliphatic rings. The Labute approximate surface area is 152 Å². The molecule has 138 valence electrons. The van der Waals surface area contributed by atoms with Crippen molar-refractivity contribution in [1.29, 1.82) is 0 Å². The van der Waals surface area contributed by atoms with Crippen LogP contribution in [0.4, 0.5) is 0 Å². The molecule has 0 radical (unpaired) electrons. The number of piperazine rings is 1. The Kier molecular flexibility index (Phi) is 5.68. The first-order chi connectivity index (χ1) is 12.6. The van der Waals surface area contributed by atoms with E-state index in [1.807, 2.05) is 24.3 Å². The van der Waals surface area contributed by atoms with Gasteiger partial charge < -0.3 is 19.9 Å². The Morgan fingerprint density at radius 2 is 1.92 bits per heavy atom. The molecular formula is C19H24N4O3. The smallest absolute Gasteiger partial charge is 0.270 e. The highest BCUT2D eigenvalue weighted by atomic mass is 16.5. The number of para-hydroxylation sites is 1. The van der Waals surface area contributed by atoms with E-state index in [9.17, 15) is 9.59 Å². The van der Waals surface area contributed by atoms with Gasteiger partial charge in [-0.2, -0.15) is 0 Å². The molecule has 0 atom stereocenters. The molecule has 0 unspecified atom stereocenters. The van der Waals surface area contributed by atoms with Crippen molar-refractivity contribution in [3.63, 3.8) is 0 Å². The predicted molar refractivity (Wildman–Crippen MR) is 99.3 cm³/mol. The van der Waals surface area contributed by atoms with E-state index in [0.29, 0.717) is 24.4 Å². The summed E-state index contributed by atoms with van der Waals surface area (Å²) in [7, 11) is 1.56. The van der Waals surface area contributed by atoms with Crippen LogP contribution in [0.25, 0.3) is 10.9 Å². The third kappa shape index (κ3) is 3.94. The number of nitrogens with one attached hydrogen (secondary N) is 1. The van der Waals surface area contributed by atoms with Crippen molar-refractivity contribution in [3.05, 3.63) is 36.0 Å². The van der Waals surface area contributed by atoms with Crippen molar-refractivity contribution < 1.29 is 14.3 Å². The van der Waals surface area contributed by atoms with Crippen LogP contribution in [0.5, 0.6) is 5.75 Å². The fourth-order valence-corrected chi connectivity index (χ4v) is 3.10. The average molecular weight is 356 g/mol. The summed E-state index contributed by atoms with van der Waals surface area (Å²) in [6.07, 6.45) is 0. The van der Waals surface area contributed by atoms with E-state index < -0.39 is 0 Å². The number of ether oxygens (including phenoxy) is 1. The van der Waals surface area contributed by atoms with Crippen molar-refractivity contribution in [2.75, 3.05) is 46.4 Å². The summed E-state index contributed by atoms with van der Waals surface area (Å²) in [5.41, 5.74) is 0.920. The molecule has 1 fully saturated rings. The molecule has 26 heavy (non-hydrogen) atoms. The number of rotatable bonds is 5. The molecule has 3 rings (SSSR count). The summed E-state index contributed by atoms with van der Waals surface area (Å²) >= 11 is 0. The van der Waals surface area contributed by atoms with Gasteiger partial charge in [-0.1, -0.05) is 19.1 Å². The van der Waals surface area contributed by atoms with E-state index in [1.165, 1.54) is 0 Å². The number of carbonyl (C=O) groups excluding carboxylic acids is 2. The summed E-state index contributed by atoms with van der Waals surface area (Å²) in [6.45, 7) is 6.23. The highest BCUT2D eigenvalue weighted by molar-refractivity contribution is 5.98. The number of hydrogen-bond donors (Lipinski definition) is 1. The number of methoxy groups -OCH3 is 1. The number of benzene rings is 1. The molecular weight excluding hydrogens is 332 g/mol. The first-order valence-corrected chi connectivity index (χ1v) is 8.84. The van der Waals surface area contributed by atoms with Gasteiger partial charge in [0, 0.05) is 37.6 Å². The van der Waals surface area contributed by atoms with Gasteiger partial charge in [-0.05, 0) is 18.7 Å². The maximum absolute atomic E-state index is 12.4. The number of hydrogen-bond acceptors (Lipinski definition) is 5. The molecule has 7 nitrogen and oxygen atoms in total. The zero-order chi connectivity index (χ0) is 18.5. The highest BCUT2D eigenvalue weighted by Gasteiger charge is 2.21. The van der Waals surface area contributed by atoms with Gasteiger partial charge >= 0.3 is 0 Å². The lowest BCUT2D eigenvalue weighted by Crippen LogP contribution is -2.51. The molecule has 1 aliphatic heterocycles. The van der Waals surface area contributed by atoms with Crippen LogP contribution in [-0.2, 0) is 4.79 Å². The van der Waals surface area contributed by atoms with E-state index in [0.717, 1.165) is 25.0 Å². The maximum Gasteiger partial charge on any atom is 0.270 e. The van der Waals surface area contributed by atoms with E-state index in [1.54, 1.807) is 18.1 Å². The highest BCUT2D eigenvalue weighted by Crippen LogP contribution is 2.24. The summed E-state index contributed by atoms with van der Waals surface area (Å²) < 4.78 is 5.36. The number of fused-ring (bicyclic) bond motifs is 1. The number of amides is 2. The van der Waals surface area contributed by atoms with Gasteiger partial charge in [0.1, 0.15) is 11.4 Å². The van der Waals surface area contributed by atoms with Gasteiger partial charge in [0.25, 0.3) is 5.91 Å². The lowest BCUT2D eigenvalue weighted by atomic mass is 10.1. The molecule has 2 aromatic rings. The Morgan fingerprint density at radius 1 is 1.19 bits per heavy atom. The number of likely N-dealkylation sites (N-methyl/N-ethyl adjacent to an activating group) is 1. The third-order valence-corrected chi connectivity index (χ3v) is 4.70. The van der Waals surface area contributed by atoms with Gasteiger partial charge in [-0.15, -0.1) is 0 Å². The summed E-state index contributed by atoms with van der Waals surface area (Å²) in [5, 5.41) is 3.52. The van der Waals surface area contributed by atoms with Crippen molar-refractivity contribution in [1.82, 2.24) is 20.1 Å². The normalized spacial score (nSPS) is 15.1. The summed E-state index contributed by atoms with van der Waals surface area (Å²) in [5.74, 6) is 0.138. The zero-order valence-corrected chi connectivity index (χ0v) is 15.2. The van der Waals surface area contributed by atoms with Crippen LogP contribution in [-0.4, -0.2) is 73.0 Å². The standard InChI is InChI=1S/C19H24N4O3/c1-3-22-8-10-23(11-9-22)18(24)13-20-19(25)16-12-17(26-2)14-6-4-5-7-15(14)21-16/h4-7,12H,3,8-11,13H2,1-2H3,(H,20,25). The fraction of sp³-hybridized carbons (Fsp3) is 0.421. The number of aromatic nitrogens is 1. The lowest BCUT2D eigenvalue weighted by molar-refractivity contribution is -0.131. The van der Waals surface area contributed by atoms with Crippen LogP contribution < -0.4 is 10.1 Å². The second-order valence-electron chi connectivity index (χ2n) is 6.22. The lowest BCUT2D eigenvalue weighted by Gasteiger charge is -2.34. The molecule has 1 saturated heterocycles. The van der Waals surface area contributed by atoms with Crippen LogP contribution >= 0.6 is 0 Å². The van der Waals surface area contributed by atoms with Gasteiger partial charge in [0.2, 0.25) is 5.91 Å². The van der Waals surface area contributed by atoms with E-state index in [4.69, 9.17) is 4.74 Å². The van der Waals surface area contributed by atoms with E-state index >= 15 is 0 Å². The molecule has 0 spiro atoms. The second kappa shape index (κ2) is 8.14. The molecule has 7 heteroatoms.